The van der Waals surface area contributed by atoms with Crippen LogP contribution in [0.25, 0.3) is 16.9 Å². The lowest BCUT2D eigenvalue weighted by molar-refractivity contribution is 0.0778. The third-order valence-electron chi connectivity index (χ3n) is 5.33. The van der Waals surface area contributed by atoms with Crippen molar-refractivity contribution in [1.82, 2.24) is 19.1 Å². The van der Waals surface area contributed by atoms with E-state index in [1.165, 1.54) is 19.2 Å². The standard InChI is InChI=1S/C21H16ClF3N6O3/c1-34-12-9-29(10-12)19-17(11-2-3-14(23)13(22)6-11)20(32)31(21(33)30(19)5-4-26)16-8-27-7-15(28-16)18(24)25/h2-3,6-8,12,18H,5,9-10H2,1H3. The summed E-state index contributed by atoms with van der Waals surface area (Å²) in [4.78, 5) is 36.0. The number of benzene rings is 1. The van der Waals surface area contributed by atoms with Gasteiger partial charge in [-0.3, -0.25) is 14.3 Å². The van der Waals surface area contributed by atoms with Crippen molar-refractivity contribution >= 4 is 17.4 Å². The second-order valence-corrected chi connectivity index (χ2v) is 7.77. The van der Waals surface area contributed by atoms with Gasteiger partial charge in [-0.25, -0.2) is 27.5 Å². The fourth-order valence-corrected chi connectivity index (χ4v) is 3.81. The summed E-state index contributed by atoms with van der Waals surface area (Å²) in [5.74, 6) is -1.07. The Morgan fingerprint density at radius 2 is 2.03 bits per heavy atom. The van der Waals surface area contributed by atoms with Crippen LogP contribution in [0.5, 0.6) is 0 Å². The molecule has 0 N–H and O–H groups in total. The Morgan fingerprint density at radius 1 is 1.29 bits per heavy atom. The summed E-state index contributed by atoms with van der Waals surface area (Å²) in [6, 6.07) is 5.42. The minimum atomic E-state index is -2.99. The first-order chi connectivity index (χ1) is 16.3. The van der Waals surface area contributed by atoms with Crippen molar-refractivity contribution in [3.8, 4) is 23.0 Å². The molecule has 3 heterocycles. The second-order valence-electron chi connectivity index (χ2n) is 7.36. The average molecular weight is 493 g/mol. The van der Waals surface area contributed by atoms with E-state index in [-0.39, 0.29) is 28.1 Å². The van der Waals surface area contributed by atoms with Gasteiger partial charge in [0.2, 0.25) is 0 Å². The Bertz CT molecular complexity index is 1410. The molecule has 1 aliphatic heterocycles. The van der Waals surface area contributed by atoms with Crippen LogP contribution in [0.1, 0.15) is 12.1 Å². The van der Waals surface area contributed by atoms with E-state index in [0.717, 1.165) is 23.0 Å². The second kappa shape index (κ2) is 9.28. The van der Waals surface area contributed by atoms with Crippen LogP contribution >= 0.6 is 11.6 Å². The first kappa shape index (κ1) is 23.5. The summed E-state index contributed by atoms with van der Waals surface area (Å²) in [5.41, 5.74) is -2.56. The number of methoxy groups -OCH3 is 1. The predicted molar refractivity (Wildman–Crippen MR) is 116 cm³/mol. The van der Waals surface area contributed by atoms with Gasteiger partial charge in [-0.05, 0) is 17.7 Å². The first-order valence-corrected chi connectivity index (χ1v) is 10.2. The van der Waals surface area contributed by atoms with Gasteiger partial charge in [0.15, 0.2) is 5.82 Å². The van der Waals surface area contributed by atoms with Crippen molar-refractivity contribution in [3.63, 3.8) is 0 Å². The van der Waals surface area contributed by atoms with E-state index in [1.807, 2.05) is 6.07 Å². The maximum absolute atomic E-state index is 13.8. The van der Waals surface area contributed by atoms with Crippen LogP contribution in [0.4, 0.5) is 19.0 Å². The quantitative estimate of drug-likeness (QED) is 0.520. The SMILES string of the molecule is COC1CN(c2c(-c3ccc(F)c(Cl)c3)c(=O)n(-c3cncc(C(F)F)n3)c(=O)n2CC#N)C1. The lowest BCUT2D eigenvalue weighted by Crippen LogP contribution is -2.55. The molecule has 0 amide bonds. The van der Waals surface area contributed by atoms with Crippen LogP contribution in [0.3, 0.4) is 0 Å². The van der Waals surface area contributed by atoms with Gasteiger partial charge in [-0.1, -0.05) is 17.7 Å². The Kier molecular flexibility index (Phi) is 6.41. The number of anilines is 1. The van der Waals surface area contributed by atoms with Gasteiger partial charge in [0, 0.05) is 20.2 Å². The van der Waals surface area contributed by atoms with Gasteiger partial charge >= 0.3 is 5.69 Å². The van der Waals surface area contributed by atoms with Crippen LogP contribution in [0, 0.1) is 17.1 Å². The molecule has 1 aromatic carbocycles. The summed E-state index contributed by atoms with van der Waals surface area (Å²) in [7, 11) is 1.51. The molecule has 9 nitrogen and oxygen atoms in total. The van der Waals surface area contributed by atoms with Gasteiger partial charge in [-0.15, -0.1) is 0 Å². The zero-order chi connectivity index (χ0) is 24.6. The molecule has 3 aromatic rings. The highest BCUT2D eigenvalue weighted by molar-refractivity contribution is 6.31. The molecule has 2 aromatic heterocycles. The van der Waals surface area contributed by atoms with E-state index in [0.29, 0.717) is 17.7 Å². The third kappa shape index (κ3) is 4.04. The molecule has 0 atom stereocenters. The van der Waals surface area contributed by atoms with Crippen molar-refractivity contribution in [2.24, 2.45) is 0 Å². The first-order valence-electron chi connectivity index (χ1n) is 9.87. The van der Waals surface area contributed by atoms with E-state index < -0.39 is 41.5 Å². The zero-order valence-electron chi connectivity index (χ0n) is 17.6. The summed E-state index contributed by atoms with van der Waals surface area (Å²) in [5, 5.41) is 9.12. The third-order valence-corrected chi connectivity index (χ3v) is 5.62. The number of aromatic nitrogens is 4. The zero-order valence-corrected chi connectivity index (χ0v) is 18.3. The lowest BCUT2D eigenvalue weighted by atomic mass is 10.0. The van der Waals surface area contributed by atoms with Crippen molar-refractivity contribution in [2.75, 3.05) is 25.1 Å². The minimum absolute atomic E-state index is 0.0875. The van der Waals surface area contributed by atoms with Crippen molar-refractivity contribution in [2.45, 2.75) is 19.1 Å². The molecule has 0 bridgehead atoms. The minimum Gasteiger partial charge on any atom is -0.378 e. The number of hydrogen-bond donors (Lipinski definition) is 0. The molecular formula is C21H16ClF3N6O3. The number of rotatable bonds is 6. The Morgan fingerprint density at radius 3 is 2.65 bits per heavy atom. The largest absolute Gasteiger partial charge is 0.378 e. The molecule has 176 valence electrons. The number of nitrogens with zero attached hydrogens (tertiary/aromatic N) is 6. The molecule has 1 fully saturated rings. The molecule has 0 spiro atoms. The Hall–Kier alpha value is -3.69. The number of ether oxygens (including phenoxy) is 1. The normalized spacial score (nSPS) is 13.7. The van der Waals surface area contributed by atoms with Crippen molar-refractivity contribution < 1.29 is 17.9 Å². The van der Waals surface area contributed by atoms with Crippen LogP contribution in [-0.2, 0) is 11.3 Å². The fourth-order valence-electron chi connectivity index (χ4n) is 3.63. The van der Waals surface area contributed by atoms with Gasteiger partial charge in [0.1, 0.15) is 23.9 Å². The van der Waals surface area contributed by atoms with E-state index in [1.54, 1.807) is 4.90 Å². The smallest absolute Gasteiger partial charge is 0.339 e. The van der Waals surface area contributed by atoms with Crippen molar-refractivity contribution in [3.05, 3.63) is 68.0 Å². The van der Waals surface area contributed by atoms with E-state index in [4.69, 9.17) is 16.3 Å². The van der Waals surface area contributed by atoms with Crippen molar-refractivity contribution in [1.29, 1.82) is 5.26 Å². The number of hydrogen-bond acceptors (Lipinski definition) is 7. The summed E-state index contributed by atoms with van der Waals surface area (Å²) in [6.07, 6.45) is -1.37. The van der Waals surface area contributed by atoms with Gasteiger partial charge < -0.3 is 9.64 Å². The van der Waals surface area contributed by atoms with E-state index in [2.05, 4.69) is 9.97 Å². The number of halogens is 4. The molecule has 0 aliphatic carbocycles. The molecule has 0 unspecified atom stereocenters. The number of nitriles is 1. The summed E-state index contributed by atoms with van der Waals surface area (Å²) < 4.78 is 47.1. The van der Waals surface area contributed by atoms with Crippen LogP contribution in [-0.4, -0.2) is 45.4 Å². The highest BCUT2D eigenvalue weighted by atomic mass is 35.5. The maximum Gasteiger partial charge on any atom is 0.339 e. The highest BCUT2D eigenvalue weighted by Gasteiger charge is 2.34. The molecular weight excluding hydrogens is 477 g/mol. The molecule has 34 heavy (non-hydrogen) atoms. The number of alkyl halides is 2. The fraction of sp³-hybridized carbons (Fsp3) is 0.286. The van der Waals surface area contributed by atoms with Crippen LogP contribution < -0.4 is 16.1 Å². The molecule has 0 radical (unpaired) electrons. The Labute approximate surface area is 195 Å². The highest BCUT2D eigenvalue weighted by Crippen LogP contribution is 2.33. The lowest BCUT2D eigenvalue weighted by Gasteiger charge is -2.41. The Balaban J connectivity index is 2.07. The maximum atomic E-state index is 13.8. The van der Waals surface area contributed by atoms with E-state index >= 15 is 0 Å². The monoisotopic (exact) mass is 492 g/mol. The summed E-state index contributed by atoms with van der Waals surface area (Å²) in [6.45, 7) is 0.160. The molecule has 4 rings (SSSR count). The average Bonchev–Trinajstić information content (AvgIpc) is 2.78. The predicted octanol–water partition coefficient (Wildman–Crippen LogP) is 2.54. The van der Waals surface area contributed by atoms with Gasteiger partial charge in [0.05, 0.1) is 35.2 Å². The van der Waals surface area contributed by atoms with Gasteiger partial charge in [0.25, 0.3) is 12.0 Å². The molecule has 1 aliphatic rings. The van der Waals surface area contributed by atoms with Crippen LogP contribution in [0.2, 0.25) is 5.02 Å². The van der Waals surface area contributed by atoms with Gasteiger partial charge in [-0.2, -0.15) is 5.26 Å². The topological polar surface area (TPSA) is 106 Å². The molecule has 13 heteroatoms. The summed E-state index contributed by atoms with van der Waals surface area (Å²) >= 11 is 5.94. The molecule has 1 saturated heterocycles. The van der Waals surface area contributed by atoms with E-state index in [9.17, 15) is 28.0 Å². The molecule has 0 saturated carbocycles. The van der Waals surface area contributed by atoms with Crippen LogP contribution in [0.15, 0.2) is 40.2 Å².